The lowest BCUT2D eigenvalue weighted by Crippen LogP contribution is -2.61. The molecule has 4 atom stereocenters. The number of allylic oxidation sites excluding steroid dienone is 6. The van der Waals surface area contributed by atoms with Gasteiger partial charge in [-0.15, -0.1) is 0 Å². The van der Waals surface area contributed by atoms with Gasteiger partial charge in [-0.1, -0.05) is 41.9 Å². The minimum absolute atomic E-state index is 0.0486. The molecule has 10 rings (SSSR count). The van der Waals surface area contributed by atoms with Crippen LogP contribution in [-0.2, 0) is 41.6 Å². The molecule has 0 aliphatic carbocycles. The lowest BCUT2D eigenvalue weighted by molar-refractivity contribution is -0.283. The number of phenols is 5. The maximum absolute atomic E-state index is 13.1. The lowest BCUT2D eigenvalue weighted by Gasteiger charge is -2.47. The number of aliphatic hydroxyl groups is 1. The van der Waals surface area contributed by atoms with Crippen LogP contribution in [0.1, 0.15) is 138 Å². The third kappa shape index (κ3) is 19.1. The zero-order valence-corrected chi connectivity index (χ0v) is 57.1. The highest BCUT2D eigenvalue weighted by Gasteiger charge is 2.50. The second-order valence-corrected chi connectivity index (χ2v) is 25.4. The number of phenolic OH excluding ortho intramolecular Hbond substituents is 5. The van der Waals surface area contributed by atoms with Gasteiger partial charge in [0.1, 0.15) is 63.0 Å². The molecular formula is C77H82N2O20. The van der Waals surface area contributed by atoms with E-state index in [9.17, 15) is 64.2 Å². The lowest BCUT2D eigenvalue weighted by atomic mass is 9.82. The van der Waals surface area contributed by atoms with Gasteiger partial charge in [-0.3, -0.25) is 9.59 Å². The monoisotopic (exact) mass is 1350 g/mol. The average Bonchev–Trinajstić information content (AvgIpc) is 0.788. The summed E-state index contributed by atoms with van der Waals surface area (Å²) in [5, 5.41) is 70.4. The smallest absolute Gasteiger partial charge is 0.404 e. The standard InChI is InChI=1S/C32H37NO9.C23H22O5.C12H14O3.C10H9NO3/c1-16(2)7-8-19-13-20(9-11-23(19)34)24(35)15-22-14-21-10-12-25(17(3)27(21)40-29(22)37)39-30-26(36)28(41-31(33)38)18(4)32(5,6)42-30;1-13(2)4-5-15-10-16(6-9-20(15)25)21(26)12-18-11-17-7-8-19(24)14(3)22(17)28-23(18)27;1-8(2)3-4-9-7-10(12(14)15)5-6-11(9)13;1-5-8(12)3-2-6-4-7(11)10(13)14-9(5)6/h7,9-14,18,26,28,30,34,36H,8,15H2,1-6H3,(H2,33,38);4,6-11,24-25H,5,12H2,1-3H3;3,5-7,13H,4H2,1-2H3,(H,14,15);2-4,12H,11H2,1H3/t18-,26+,28+,30?;;;/m1.../s1. The summed E-state index contributed by atoms with van der Waals surface area (Å²) >= 11 is 0. The van der Waals surface area contributed by atoms with Crippen LogP contribution in [0.25, 0.3) is 32.9 Å². The second kappa shape index (κ2) is 32.2. The number of carbonyl (C=O) groups excluding carboxylic acids is 3. The summed E-state index contributed by atoms with van der Waals surface area (Å²) in [4.78, 5) is 84.3. The van der Waals surface area contributed by atoms with E-state index in [4.69, 9.17) is 44.0 Å². The van der Waals surface area contributed by atoms with Gasteiger partial charge in [-0.2, -0.15) is 0 Å². The number of benzene rings is 6. The Kier molecular flexibility index (Phi) is 24.5. The number of rotatable bonds is 16. The number of hydrogen-bond donors (Lipinski definition) is 9. The number of fused-ring (bicyclic) bond motifs is 3. The van der Waals surface area contributed by atoms with Crippen molar-refractivity contribution >= 4 is 62.2 Å². The van der Waals surface area contributed by atoms with Crippen LogP contribution in [0.4, 0.5) is 10.5 Å². The van der Waals surface area contributed by atoms with Crippen molar-refractivity contribution < 1.29 is 82.4 Å². The van der Waals surface area contributed by atoms with Crippen molar-refractivity contribution in [3.63, 3.8) is 0 Å². The first-order valence-corrected chi connectivity index (χ1v) is 31.5. The third-order valence-corrected chi connectivity index (χ3v) is 16.7. The number of ketones is 2. The fourth-order valence-corrected chi connectivity index (χ4v) is 10.5. The fraction of sp³-hybridized carbons (Fsp3) is 0.286. The molecule has 22 nitrogen and oxygen atoms in total. The molecule has 3 aromatic heterocycles. The Morgan fingerprint density at radius 3 is 1.30 bits per heavy atom. The first-order valence-electron chi connectivity index (χ1n) is 31.5. The quantitative estimate of drug-likeness (QED) is 0.0246. The highest BCUT2D eigenvalue weighted by atomic mass is 16.7. The number of carboxylic acids is 1. The number of primary amides is 1. The normalized spacial score (nSPS) is 15.2. The topological polar surface area (TPSA) is 380 Å². The molecule has 1 aliphatic heterocycles. The summed E-state index contributed by atoms with van der Waals surface area (Å²) in [5.74, 6) is -1.08. The van der Waals surface area contributed by atoms with E-state index < -0.39 is 53.0 Å². The van der Waals surface area contributed by atoms with Gasteiger partial charge in [0.05, 0.1) is 11.2 Å². The maximum atomic E-state index is 13.1. The Balaban J connectivity index is 0.000000206. The predicted octanol–water partition coefficient (Wildman–Crippen LogP) is 13.2. The van der Waals surface area contributed by atoms with E-state index in [-0.39, 0.29) is 92.8 Å². The van der Waals surface area contributed by atoms with E-state index in [1.807, 2.05) is 59.8 Å². The van der Waals surface area contributed by atoms with Crippen molar-refractivity contribution in [2.75, 3.05) is 5.73 Å². The molecule has 1 fully saturated rings. The molecule has 1 aliphatic rings. The molecule has 99 heavy (non-hydrogen) atoms. The SMILES string of the molecule is CC(C)=CCc1cc(C(=O)Cc2cc3ccc(O)c(C)c3oc2=O)ccc1O.CC(C)=CCc1cc(C(=O)Cc2cc3ccc(OC4OC(C)(C)[C@H](C)[C@H](OC(N)=O)[C@@H]4O)c(C)c3oc2=O)ccc1O.CC(C)=CCc1cc(C(=O)O)ccc1O.Cc1c(O)ccc2cc(N)c(=O)oc12. The first kappa shape index (κ1) is 75.2. The molecule has 0 radical (unpaired) electrons. The van der Waals surface area contributed by atoms with Crippen molar-refractivity contribution in [1.82, 2.24) is 0 Å². The first-order chi connectivity index (χ1) is 46.5. The Morgan fingerprint density at radius 1 is 0.515 bits per heavy atom. The third-order valence-electron chi connectivity index (χ3n) is 16.7. The minimum Gasteiger partial charge on any atom is -0.508 e. The number of nitrogen functional groups attached to an aromatic ring is 1. The van der Waals surface area contributed by atoms with Crippen molar-refractivity contribution in [3.05, 3.63) is 237 Å². The van der Waals surface area contributed by atoms with E-state index in [0.717, 1.165) is 16.7 Å². The Hall–Kier alpha value is -11.2. The number of anilines is 1. The molecular weight excluding hydrogens is 1270 g/mol. The van der Waals surface area contributed by atoms with Crippen LogP contribution < -0.4 is 33.1 Å². The molecule has 1 amide bonds. The molecule has 0 spiro atoms. The fourth-order valence-electron chi connectivity index (χ4n) is 10.5. The highest BCUT2D eigenvalue weighted by molar-refractivity contribution is 5.99. The van der Waals surface area contributed by atoms with Gasteiger partial charge in [-0.05, 0) is 221 Å². The molecule has 6 aromatic carbocycles. The molecule has 1 unspecified atom stereocenters. The molecule has 11 N–H and O–H groups in total. The number of ether oxygens (including phenoxy) is 3. The molecule has 0 bridgehead atoms. The summed E-state index contributed by atoms with van der Waals surface area (Å²) in [5.41, 5.74) is 17.2. The van der Waals surface area contributed by atoms with Gasteiger partial charge in [0.2, 0.25) is 6.29 Å². The van der Waals surface area contributed by atoms with Crippen LogP contribution in [0.15, 0.2) is 172 Å². The Morgan fingerprint density at radius 2 is 0.889 bits per heavy atom. The van der Waals surface area contributed by atoms with Crippen molar-refractivity contribution in [3.8, 4) is 34.5 Å². The molecule has 22 heteroatoms. The van der Waals surface area contributed by atoms with Gasteiger partial charge in [0, 0.05) is 73.9 Å². The van der Waals surface area contributed by atoms with E-state index >= 15 is 0 Å². The highest BCUT2D eigenvalue weighted by Crippen LogP contribution is 2.39. The van der Waals surface area contributed by atoms with Crippen molar-refractivity contribution in [2.24, 2.45) is 11.7 Å². The number of carbonyl (C=O) groups is 4. The van der Waals surface area contributed by atoms with Gasteiger partial charge < -0.3 is 74.7 Å². The zero-order valence-electron chi connectivity index (χ0n) is 57.1. The second-order valence-electron chi connectivity index (χ2n) is 25.4. The molecule has 0 saturated carbocycles. The van der Waals surface area contributed by atoms with Crippen LogP contribution in [0.2, 0.25) is 0 Å². The minimum atomic E-state index is -1.33. The van der Waals surface area contributed by atoms with E-state index in [1.165, 1.54) is 54.6 Å². The summed E-state index contributed by atoms with van der Waals surface area (Å²) in [6.45, 7) is 22.1. The molecule has 1 saturated heterocycles. The maximum Gasteiger partial charge on any atom is 0.404 e. The van der Waals surface area contributed by atoms with Crippen LogP contribution in [-0.4, -0.2) is 83.5 Å². The summed E-state index contributed by atoms with van der Waals surface area (Å²) in [7, 11) is 0. The Labute approximate surface area is 570 Å². The van der Waals surface area contributed by atoms with Crippen LogP contribution in [0, 0.1) is 26.7 Å². The average molecular weight is 1360 g/mol. The van der Waals surface area contributed by atoms with Crippen LogP contribution in [0.3, 0.4) is 0 Å². The van der Waals surface area contributed by atoms with Crippen LogP contribution in [0.5, 0.6) is 34.5 Å². The van der Waals surface area contributed by atoms with E-state index in [2.05, 4.69) is 0 Å². The van der Waals surface area contributed by atoms with E-state index in [0.29, 0.717) is 91.1 Å². The van der Waals surface area contributed by atoms with Gasteiger partial charge in [0.15, 0.2) is 17.7 Å². The van der Waals surface area contributed by atoms with Gasteiger partial charge in [-0.25, -0.2) is 24.0 Å². The molecule has 4 heterocycles. The van der Waals surface area contributed by atoms with Crippen molar-refractivity contribution in [2.45, 2.75) is 139 Å². The summed E-state index contributed by atoms with van der Waals surface area (Å²) in [6.07, 6.45) is 2.62. The number of aromatic hydroxyl groups is 5. The number of carboxylic acid groups (broad SMARTS) is 1. The molecule has 9 aromatic rings. The summed E-state index contributed by atoms with van der Waals surface area (Å²) in [6, 6.07) is 28.1. The number of aromatic carboxylic acids is 1. The number of nitrogens with two attached hydrogens (primary N) is 2. The Bertz CT molecular complexity index is 4840. The number of Topliss-reactive ketones (excluding diaryl/α,β-unsaturated/α-hetero) is 2. The number of amides is 1. The summed E-state index contributed by atoms with van der Waals surface area (Å²) < 4.78 is 33.1. The van der Waals surface area contributed by atoms with Crippen LogP contribution >= 0.6 is 0 Å². The molecule has 520 valence electrons. The number of aliphatic hydroxyl groups excluding tert-OH is 1. The van der Waals surface area contributed by atoms with Gasteiger partial charge in [0.25, 0.3) is 0 Å². The van der Waals surface area contributed by atoms with E-state index in [1.54, 1.807) is 96.1 Å². The number of aryl methyl sites for hydroxylation is 3. The van der Waals surface area contributed by atoms with Crippen molar-refractivity contribution in [1.29, 1.82) is 0 Å². The largest absolute Gasteiger partial charge is 0.508 e. The van der Waals surface area contributed by atoms with Gasteiger partial charge >= 0.3 is 28.9 Å². The zero-order chi connectivity index (χ0) is 73.1. The number of hydrogen-bond acceptors (Lipinski definition) is 20. The predicted molar refractivity (Wildman–Crippen MR) is 375 cm³/mol.